The first-order chi connectivity index (χ1) is 7.58. The molecule has 3 nitrogen and oxygen atoms in total. The molecule has 0 heterocycles. The quantitative estimate of drug-likeness (QED) is 0.842. The summed E-state index contributed by atoms with van der Waals surface area (Å²) in [5, 5.41) is 8.69. The van der Waals surface area contributed by atoms with Crippen molar-refractivity contribution in [3.8, 4) is 11.8 Å². The predicted molar refractivity (Wildman–Crippen MR) is 64.4 cm³/mol. The highest BCUT2D eigenvalue weighted by atomic mass is 16.5. The van der Waals surface area contributed by atoms with Gasteiger partial charge in [-0.05, 0) is 23.1 Å². The largest absolute Gasteiger partial charge is 0.496 e. The number of benzene rings is 1. The summed E-state index contributed by atoms with van der Waals surface area (Å²) >= 11 is 0. The molecule has 1 aromatic carbocycles. The first-order valence-corrected chi connectivity index (χ1v) is 5.40. The summed E-state index contributed by atoms with van der Waals surface area (Å²) in [6.45, 7) is 4.27. The molecule has 0 amide bonds. The summed E-state index contributed by atoms with van der Waals surface area (Å²) < 4.78 is 5.32. The maximum Gasteiger partial charge on any atom is 0.122 e. The Hall–Kier alpha value is -1.53. The molecule has 0 radical (unpaired) electrons. The van der Waals surface area contributed by atoms with Crippen LogP contribution in [-0.4, -0.2) is 13.2 Å². The number of rotatable bonds is 4. The van der Waals surface area contributed by atoms with E-state index in [9.17, 15) is 0 Å². The molecule has 0 spiro atoms. The first-order valence-electron chi connectivity index (χ1n) is 5.40. The van der Waals surface area contributed by atoms with Crippen molar-refractivity contribution in [2.45, 2.75) is 32.2 Å². The molecule has 1 atom stereocenters. The van der Waals surface area contributed by atoms with Crippen LogP contribution in [0.3, 0.4) is 0 Å². The van der Waals surface area contributed by atoms with Gasteiger partial charge in [-0.25, -0.2) is 0 Å². The summed E-state index contributed by atoms with van der Waals surface area (Å²) in [4.78, 5) is 0. The molecule has 0 saturated carbocycles. The SMILES string of the molecule is COc1cc(C(C)C)ccc1CC(N)C#N. The van der Waals surface area contributed by atoms with Crippen molar-refractivity contribution in [2.24, 2.45) is 5.73 Å². The molecule has 0 aliphatic rings. The fraction of sp³-hybridized carbons (Fsp3) is 0.462. The zero-order valence-electron chi connectivity index (χ0n) is 10.0. The third-order valence-electron chi connectivity index (χ3n) is 2.58. The Balaban J connectivity index is 2.98. The molecule has 1 rings (SSSR count). The number of hydrogen-bond donors (Lipinski definition) is 1. The van der Waals surface area contributed by atoms with Crippen LogP contribution in [0.5, 0.6) is 5.75 Å². The molecule has 1 aromatic rings. The van der Waals surface area contributed by atoms with Gasteiger partial charge in [-0.3, -0.25) is 0 Å². The number of nitrogens with zero attached hydrogens (tertiary/aromatic N) is 1. The molecule has 16 heavy (non-hydrogen) atoms. The Labute approximate surface area is 96.8 Å². The third-order valence-corrected chi connectivity index (χ3v) is 2.58. The minimum atomic E-state index is -0.473. The fourth-order valence-electron chi connectivity index (χ4n) is 1.57. The average Bonchev–Trinajstić information content (AvgIpc) is 2.29. The normalized spacial score (nSPS) is 12.2. The van der Waals surface area contributed by atoms with E-state index in [2.05, 4.69) is 19.9 Å². The van der Waals surface area contributed by atoms with E-state index in [0.29, 0.717) is 12.3 Å². The van der Waals surface area contributed by atoms with Crippen molar-refractivity contribution in [3.05, 3.63) is 29.3 Å². The van der Waals surface area contributed by atoms with Crippen molar-refractivity contribution in [1.82, 2.24) is 0 Å². The second kappa shape index (κ2) is 5.53. The number of hydrogen-bond acceptors (Lipinski definition) is 3. The van der Waals surface area contributed by atoms with Gasteiger partial charge in [0.15, 0.2) is 0 Å². The van der Waals surface area contributed by atoms with Gasteiger partial charge in [0, 0.05) is 6.42 Å². The average molecular weight is 218 g/mol. The number of ether oxygens (including phenoxy) is 1. The van der Waals surface area contributed by atoms with Gasteiger partial charge < -0.3 is 10.5 Å². The summed E-state index contributed by atoms with van der Waals surface area (Å²) in [6.07, 6.45) is 0.526. The van der Waals surface area contributed by atoms with E-state index in [-0.39, 0.29) is 0 Å². The lowest BCUT2D eigenvalue weighted by atomic mass is 9.98. The van der Waals surface area contributed by atoms with Crippen LogP contribution in [0.2, 0.25) is 0 Å². The van der Waals surface area contributed by atoms with E-state index in [1.807, 2.05) is 18.2 Å². The van der Waals surface area contributed by atoms with E-state index < -0.39 is 6.04 Å². The van der Waals surface area contributed by atoms with E-state index in [0.717, 1.165) is 11.3 Å². The Morgan fingerprint density at radius 2 is 2.12 bits per heavy atom. The van der Waals surface area contributed by atoms with Gasteiger partial charge in [-0.1, -0.05) is 26.0 Å². The minimum absolute atomic E-state index is 0.465. The molecule has 0 aromatic heterocycles. The first kappa shape index (κ1) is 12.5. The summed E-state index contributed by atoms with van der Waals surface area (Å²) in [5.74, 6) is 1.28. The maximum absolute atomic E-state index is 8.69. The lowest BCUT2D eigenvalue weighted by molar-refractivity contribution is 0.408. The van der Waals surface area contributed by atoms with Gasteiger partial charge in [-0.15, -0.1) is 0 Å². The van der Waals surface area contributed by atoms with Crippen LogP contribution in [0, 0.1) is 11.3 Å². The number of methoxy groups -OCH3 is 1. The van der Waals surface area contributed by atoms with Gasteiger partial charge in [0.25, 0.3) is 0 Å². The monoisotopic (exact) mass is 218 g/mol. The predicted octanol–water partition coefficient (Wildman–Crippen LogP) is 2.21. The highest BCUT2D eigenvalue weighted by molar-refractivity contribution is 5.39. The van der Waals surface area contributed by atoms with Crippen LogP contribution < -0.4 is 10.5 Å². The molecular weight excluding hydrogens is 200 g/mol. The standard InChI is InChI=1S/C13H18N2O/c1-9(2)10-4-5-11(6-12(15)8-14)13(7-10)16-3/h4-5,7,9,12H,6,15H2,1-3H3. The zero-order chi connectivity index (χ0) is 12.1. The Bertz CT molecular complexity index is 393. The smallest absolute Gasteiger partial charge is 0.122 e. The van der Waals surface area contributed by atoms with E-state index in [4.69, 9.17) is 15.7 Å². The molecule has 1 unspecified atom stereocenters. The van der Waals surface area contributed by atoms with Crippen molar-refractivity contribution in [3.63, 3.8) is 0 Å². The molecule has 0 saturated heterocycles. The topological polar surface area (TPSA) is 59.0 Å². The maximum atomic E-state index is 8.69. The van der Waals surface area contributed by atoms with Gasteiger partial charge in [0.2, 0.25) is 0 Å². The van der Waals surface area contributed by atoms with Gasteiger partial charge >= 0.3 is 0 Å². The third kappa shape index (κ3) is 2.98. The van der Waals surface area contributed by atoms with Crippen LogP contribution >= 0.6 is 0 Å². The molecule has 86 valence electrons. The minimum Gasteiger partial charge on any atom is -0.496 e. The number of nitrogens with two attached hydrogens (primary N) is 1. The van der Waals surface area contributed by atoms with Crippen LogP contribution in [0.4, 0.5) is 0 Å². The number of nitriles is 1. The molecular formula is C13H18N2O. The van der Waals surface area contributed by atoms with E-state index in [1.165, 1.54) is 5.56 Å². The molecule has 0 fully saturated rings. The van der Waals surface area contributed by atoms with Crippen molar-refractivity contribution < 1.29 is 4.74 Å². The molecule has 3 heteroatoms. The van der Waals surface area contributed by atoms with Crippen LogP contribution in [0.1, 0.15) is 30.9 Å². The van der Waals surface area contributed by atoms with E-state index in [1.54, 1.807) is 7.11 Å². The fourth-order valence-corrected chi connectivity index (χ4v) is 1.57. The van der Waals surface area contributed by atoms with E-state index >= 15 is 0 Å². The summed E-state index contributed by atoms with van der Waals surface area (Å²) in [5.41, 5.74) is 7.82. The molecule has 0 aliphatic heterocycles. The van der Waals surface area contributed by atoms with Crippen molar-refractivity contribution in [1.29, 1.82) is 5.26 Å². The highest BCUT2D eigenvalue weighted by Crippen LogP contribution is 2.25. The summed E-state index contributed by atoms with van der Waals surface area (Å²) in [6, 6.07) is 7.62. The molecule has 0 bridgehead atoms. The van der Waals surface area contributed by atoms with Gasteiger partial charge in [-0.2, -0.15) is 5.26 Å². The zero-order valence-corrected chi connectivity index (χ0v) is 10.0. The van der Waals surface area contributed by atoms with Crippen LogP contribution in [-0.2, 0) is 6.42 Å². The van der Waals surface area contributed by atoms with Crippen LogP contribution in [0.25, 0.3) is 0 Å². The van der Waals surface area contributed by atoms with Crippen molar-refractivity contribution >= 4 is 0 Å². The molecule has 2 N–H and O–H groups in total. The van der Waals surface area contributed by atoms with Crippen molar-refractivity contribution in [2.75, 3.05) is 7.11 Å². The molecule has 0 aliphatic carbocycles. The lowest BCUT2D eigenvalue weighted by Crippen LogP contribution is -2.20. The second-order valence-corrected chi connectivity index (χ2v) is 4.17. The van der Waals surface area contributed by atoms with Gasteiger partial charge in [0.1, 0.15) is 5.75 Å². The Kier molecular flexibility index (Phi) is 4.33. The Morgan fingerprint density at radius 1 is 1.44 bits per heavy atom. The Morgan fingerprint density at radius 3 is 2.62 bits per heavy atom. The second-order valence-electron chi connectivity index (χ2n) is 4.17. The summed E-state index contributed by atoms with van der Waals surface area (Å²) in [7, 11) is 1.64. The van der Waals surface area contributed by atoms with Crippen LogP contribution in [0.15, 0.2) is 18.2 Å². The lowest BCUT2D eigenvalue weighted by Gasteiger charge is -2.13. The highest BCUT2D eigenvalue weighted by Gasteiger charge is 2.10. The van der Waals surface area contributed by atoms with Gasteiger partial charge in [0.05, 0.1) is 19.2 Å².